The van der Waals surface area contributed by atoms with Gasteiger partial charge in [-0.1, -0.05) is 35.9 Å². The molecule has 0 saturated heterocycles. The molecule has 21 heavy (non-hydrogen) atoms. The van der Waals surface area contributed by atoms with Crippen molar-refractivity contribution >= 4 is 38.5 Å². The van der Waals surface area contributed by atoms with E-state index in [2.05, 4.69) is 21.4 Å². The SMILES string of the molecule is NNC(c1cc2cccc(F)c2o1)c1cccc(Br)c1Cl. The van der Waals surface area contributed by atoms with E-state index in [1.165, 1.54) is 6.07 Å². The number of halogens is 3. The molecule has 1 atom stereocenters. The Hall–Kier alpha value is -1.40. The number of para-hydroxylation sites is 1. The first-order valence-corrected chi connectivity index (χ1v) is 7.37. The van der Waals surface area contributed by atoms with E-state index in [-0.39, 0.29) is 5.58 Å². The monoisotopic (exact) mass is 368 g/mol. The highest BCUT2D eigenvalue weighted by molar-refractivity contribution is 9.10. The maximum Gasteiger partial charge on any atom is 0.169 e. The minimum atomic E-state index is -0.471. The van der Waals surface area contributed by atoms with Gasteiger partial charge in [0.1, 0.15) is 11.8 Å². The molecular weight excluding hydrogens is 359 g/mol. The molecule has 108 valence electrons. The molecule has 1 unspecified atom stereocenters. The van der Waals surface area contributed by atoms with Crippen LogP contribution < -0.4 is 11.3 Å². The summed E-state index contributed by atoms with van der Waals surface area (Å²) in [6.45, 7) is 0. The van der Waals surface area contributed by atoms with Crippen LogP contribution in [-0.4, -0.2) is 0 Å². The quantitative estimate of drug-likeness (QED) is 0.526. The Balaban J connectivity index is 2.14. The molecule has 3 aromatic rings. The lowest BCUT2D eigenvalue weighted by atomic mass is 10.0. The van der Waals surface area contributed by atoms with Crippen molar-refractivity contribution in [2.45, 2.75) is 6.04 Å². The number of nitrogens with two attached hydrogens (primary N) is 1. The van der Waals surface area contributed by atoms with Crippen molar-refractivity contribution in [2.24, 2.45) is 5.84 Å². The summed E-state index contributed by atoms with van der Waals surface area (Å²) in [5.74, 6) is 5.73. The maximum absolute atomic E-state index is 13.7. The average Bonchev–Trinajstić information content (AvgIpc) is 2.89. The van der Waals surface area contributed by atoms with E-state index in [1.54, 1.807) is 18.2 Å². The van der Waals surface area contributed by atoms with Crippen molar-refractivity contribution < 1.29 is 8.81 Å². The Morgan fingerprint density at radius 1 is 1.24 bits per heavy atom. The molecule has 3 rings (SSSR count). The predicted octanol–water partition coefficient (Wildman–Crippen LogP) is 4.54. The lowest BCUT2D eigenvalue weighted by Gasteiger charge is -2.15. The molecule has 0 amide bonds. The van der Waals surface area contributed by atoms with E-state index in [0.29, 0.717) is 16.2 Å². The molecule has 2 aromatic carbocycles. The van der Waals surface area contributed by atoms with Crippen molar-refractivity contribution in [3.05, 3.63) is 69.1 Å². The van der Waals surface area contributed by atoms with E-state index in [9.17, 15) is 4.39 Å². The molecule has 0 saturated carbocycles. The number of rotatable bonds is 3. The van der Waals surface area contributed by atoms with Gasteiger partial charge in [0.2, 0.25) is 0 Å². The zero-order valence-corrected chi connectivity index (χ0v) is 13.1. The Morgan fingerprint density at radius 3 is 2.71 bits per heavy atom. The van der Waals surface area contributed by atoms with Gasteiger partial charge in [0.15, 0.2) is 11.4 Å². The number of hydrazine groups is 1. The molecule has 0 spiro atoms. The van der Waals surface area contributed by atoms with Gasteiger partial charge in [-0.15, -0.1) is 0 Å². The van der Waals surface area contributed by atoms with Crippen LogP contribution in [0.25, 0.3) is 11.0 Å². The largest absolute Gasteiger partial charge is 0.456 e. The molecule has 3 nitrogen and oxygen atoms in total. The van der Waals surface area contributed by atoms with Crippen LogP contribution in [0.15, 0.2) is 51.4 Å². The van der Waals surface area contributed by atoms with E-state index < -0.39 is 11.9 Å². The van der Waals surface area contributed by atoms with E-state index in [0.717, 1.165) is 10.0 Å². The van der Waals surface area contributed by atoms with Crippen LogP contribution in [0.5, 0.6) is 0 Å². The number of fused-ring (bicyclic) bond motifs is 1. The minimum absolute atomic E-state index is 0.207. The summed E-state index contributed by atoms with van der Waals surface area (Å²) in [5.41, 5.74) is 3.61. The fourth-order valence-corrected chi connectivity index (χ4v) is 2.87. The van der Waals surface area contributed by atoms with E-state index >= 15 is 0 Å². The first-order valence-electron chi connectivity index (χ1n) is 6.20. The molecule has 3 N–H and O–H groups in total. The summed E-state index contributed by atoms with van der Waals surface area (Å²) in [7, 11) is 0. The second-order valence-corrected chi connectivity index (χ2v) is 5.78. The van der Waals surface area contributed by atoms with Gasteiger partial charge in [0.05, 0.1) is 5.02 Å². The third kappa shape index (κ3) is 2.58. The first kappa shape index (κ1) is 14.5. The number of nitrogens with one attached hydrogen (secondary N) is 1. The third-order valence-electron chi connectivity index (χ3n) is 3.26. The summed E-state index contributed by atoms with van der Waals surface area (Å²) in [4.78, 5) is 0. The zero-order valence-electron chi connectivity index (χ0n) is 10.7. The van der Waals surface area contributed by atoms with Gasteiger partial charge < -0.3 is 4.42 Å². The number of furan rings is 1. The highest BCUT2D eigenvalue weighted by Gasteiger charge is 2.21. The second kappa shape index (κ2) is 5.77. The Kier molecular flexibility index (Phi) is 3.99. The van der Waals surface area contributed by atoms with Gasteiger partial charge in [-0.25, -0.2) is 9.82 Å². The molecule has 0 fully saturated rings. The fraction of sp³-hybridized carbons (Fsp3) is 0.0667. The summed E-state index contributed by atoms with van der Waals surface area (Å²) < 4.78 is 20.1. The van der Waals surface area contributed by atoms with Crippen molar-refractivity contribution in [2.75, 3.05) is 0 Å². The molecule has 0 aliphatic carbocycles. The van der Waals surface area contributed by atoms with Gasteiger partial charge in [-0.2, -0.15) is 0 Å². The number of hydrogen-bond acceptors (Lipinski definition) is 3. The van der Waals surface area contributed by atoms with Crippen molar-refractivity contribution in [3.63, 3.8) is 0 Å². The smallest absolute Gasteiger partial charge is 0.169 e. The van der Waals surface area contributed by atoms with Crippen LogP contribution in [0, 0.1) is 5.82 Å². The van der Waals surface area contributed by atoms with Gasteiger partial charge in [-0.05, 0) is 39.7 Å². The van der Waals surface area contributed by atoms with Gasteiger partial charge >= 0.3 is 0 Å². The Labute approximate surface area is 134 Å². The number of hydrogen-bond donors (Lipinski definition) is 2. The van der Waals surface area contributed by atoms with Crippen LogP contribution in [0.3, 0.4) is 0 Å². The van der Waals surface area contributed by atoms with Crippen molar-refractivity contribution in [1.82, 2.24) is 5.43 Å². The van der Waals surface area contributed by atoms with Crippen LogP contribution in [0.2, 0.25) is 5.02 Å². The highest BCUT2D eigenvalue weighted by Crippen LogP contribution is 2.35. The molecule has 1 heterocycles. The van der Waals surface area contributed by atoms with Gasteiger partial charge in [0, 0.05) is 9.86 Å². The molecular formula is C15H11BrClFN2O. The molecule has 0 radical (unpaired) electrons. The Bertz CT molecular complexity index is 805. The molecule has 6 heteroatoms. The van der Waals surface area contributed by atoms with Gasteiger partial charge in [0.25, 0.3) is 0 Å². The fourth-order valence-electron chi connectivity index (χ4n) is 2.26. The lowest BCUT2D eigenvalue weighted by Crippen LogP contribution is -2.28. The molecule has 0 aliphatic rings. The van der Waals surface area contributed by atoms with Crippen LogP contribution >= 0.6 is 27.5 Å². The second-order valence-electron chi connectivity index (χ2n) is 4.55. The summed E-state index contributed by atoms with van der Waals surface area (Å²) in [6.07, 6.45) is 0. The molecule has 0 aliphatic heterocycles. The predicted molar refractivity (Wildman–Crippen MR) is 84.5 cm³/mol. The van der Waals surface area contributed by atoms with Crippen LogP contribution in [0.4, 0.5) is 4.39 Å². The van der Waals surface area contributed by atoms with Crippen molar-refractivity contribution in [3.8, 4) is 0 Å². The molecule has 1 aromatic heterocycles. The summed E-state index contributed by atoms with van der Waals surface area (Å²) in [6, 6.07) is 11.6. The maximum atomic E-state index is 13.7. The van der Waals surface area contributed by atoms with Crippen LogP contribution in [0.1, 0.15) is 17.4 Å². The third-order valence-corrected chi connectivity index (χ3v) is 4.57. The number of benzene rings is 2. The zero-order chi connectivity index (χ0) is 15.0. The normalized spacial score (nSPS) is 12.8. The average molecular weight is 370 g/mol. The van der Waals surface area contributed by atoms with E-state index in [4.69, 9.17) is 21.9 Å². The topological polar surface area (TPSA) is 51.2 Å². The standard InChI is InChI=1S/C15H11BrClFN2O/c16-10-5-2-4-9(13(10)17)14(20-19)12-7-8-3-1-6-11(18)15(8)21-12/h1-7,14,20H,19H2. The highest BCUT2D eigenvalue weighted by atomic mass is 79.9. The Morgan fingerprint density at radius 2 is 2.00 bits per heavy atom. The minimum Gasteiger partial charge on any atom is -0.456 e. The summed E-state index contributed by atoms with van der Waals surface area (Å²) in [5, 5.41) is 1.21. The van der Waals surface area contributed by atoms with Crippen LogP contribution in [-0.2, 0) is 0 Å². The summed E-state index contributed by atoms with van der Waals surface area (Å²) >= 11 is 9.66. The van der Waals surface area contributed by atoms with Crippen molar-refractivity contribution in [1.29, 1.82) is 0 Å². The lowest BCUT2D eigenvalue weighted by molar-refractivity contribution is 0.465. The van der Waals surface area contributed by atoms with Gasteiger partial charge in [-0.3, -0.25) is 5.84 Å². The van der Waals surface area contributed by atoms with E-state index in [1.807, 2.05) is 18.2 Å². The first-order chi connectivity index (χ1) is 10.1. The molecule has 0 bridgehead atoms.